The van der Waals surface area contributed by atoms with Crippen LogP contribution in [0.3, 0.4) is 0 Å². The molecule has 25 heavy (non-hydrogen) atoms. The number of carboxylic acids is 1. The fraction of sp³-hybridized carbons (Fsp3) is 0.556. The van der Waals surface area contributed by atoms with Gasteiger partial charge in [0.15, 0.2) is 0 Å². The average Bonchev–Trinajstić information content (AvgIpc) is 2.61. The first-order valence-electron chi connectivity index (χ1n) is 8.67. The number of carbonyl (C=O) groups is 2. The van der Waals surface area contributed by atoms with Gasteiger partial charge in [0.2, 0.25) is 5.91 Å². The first-order valence-corrected chi connectivity index (χ1v) is 9.05. The van der Waals surface area contributed by atoms with Crippen molar-refractivity contribution >= 4 is 29.2 Å². The molecule has 0 unspecified atom stereocenters. The summed E-state index contributed by atoms with van der Waals surface area (Å²) in [7, 11) is 0. The third-order valence-electron chi connectivity index (χ3n) is 5.27. The van der Waals surface area contributed by atoms with Gasteiger partial charge < -0.3 is 14.9 Å². The van der Waals surface area contributed by atoms with Crippen molar-refractivity contribution in [3.05, 3.63) is 29.0 Å². The summed E-state index contributed by atoms with van der Waals surface area (Å²) in [6, 6.07) is 4.36. The van der Waals surface area contributed by atoms with Gasteiger partial charge in [0.1, 0.15) is 5.82 Å². The number of piperazine rings is 1. The number of aliphatic carboxylic acids is 1. The minimum Gasteiger partial charge on any atom is -0.481 e. The lowest BCUT2D eigenvalue weighted by molar-refractivity contribution is -0.145. The van der Waals surface area contributed by atoms with E-state index < -0.39 is 5.97 Å². The van der Waals surface area contributed by atoms with Crippen molar-refractivity contribution in [2.24, 2.45) is 11.8 Å². The highest BCUT2D eigenvalue weighted by atomic mass is 35.5. The molecule has 3 rings (SSSR count). The topological polar surface area (TPSA) is 60.9 Å². The van der Waals surface area contributed by atoms with E-state index in [4.69, 9.17) is 16.7 Å². The van der Waals surface area contributed by atoms with Gasteiger partial charge in [0, 0.05) is 32.1 Å². The second-order valence-electron chi connectivity index (χ2n) is 6.79. The van der Waals surface area contributed by atoms with Crippen molar-refractivity contribution in [1.82, 2.24) is 4.90 Å². The molecule has 1 N–H and O–H groups in total. The van der Waals surface area contributed by atoms with Crippen LogP contribution in [0.4, 0.5) is 10.1 Å². The number of hydrogen-bond acceptors (Lipinski definition) is 3. The summed E-state index contributed by atoms with van der Waals surface area (Å²) in [6.07, 6.45) is 2.47. The molecule has 1 aliphatic heterocycles. The van der Waals surface area contributed by atoms with E-state index in [0.29, 0.717) is 56.9 Å². The molecule has 1 aliphatic carbocycles. The molecule has 2 aliphatic rings. The smallest absolute Gasteiger partial charge is 0.306 e. The van der Waals surface area contributed by atoms with E-state index in [-0.39, 0.29) is 23.6 Å². The Balaban J connectivity index is 1.54. The molecule has 5 nitrogen and oxygen atoms in total. The number of anilines is 1. The highest BCUT2D eigenvalue weighted by molar-refractivity contribution is 6.33. The minimum atomic E-state index is -0.754. The van der Waals surface area contributed by atoms with Crippen LogP contribution < -0.4 is 4.90 Å². The van der Waals surface area contributed by atoms with Crippen LogP contribution >= 0.6 is 11.6 Å². The van der Waals surface area contributed by atoms with Crippen LogP contribution in [0.1, 0.15) is 25.7 Å². The number of hydrogen-bond donors (Lipinski definition) is 1. The van der Waals surface area contributed by atoms with Crippen LogP contribution in [0, 0.1) is 17.7 Å². The van der Waals surface area contributed by atoms with E-state index in [2.05, 4.69) is 4.90 Å². The lowest BCUT2D eigenvalue weighted by Crippen LogP contribution is -2.51. The molecule has 7 heteroatoms. The van der Waals surface area contributed by atoms with Crippen LogP contribution in [0.25, 0.3) is 0 Å². The highest BCUT2D eigenvalue weighted by Crippen LogP contribution is 2.31. The van der Waals surface area contributed by atoms with Gasteiger partial charge in [-0.3, -0.25) is 9.59 Å². The molecule has 2 fully saturated rings. The number of rotatable bonds is 3. The molecule has 1 aromatic rings. The number of carboxylic acid groups (broad SMARTS) is 1. The maximum Gasteiger partial charge on any atom is 0.306 e. The van der Waals surface area contributed by atoms with E-state index in [0.717, 1.165) is 5.69 Å². The number of benzene rings is 1. The summed E-state index contributed by atoms with van der Waals surface area (Å²) in [6.45, 7) is 2.51. The number of halogens is 2. The quantitative estimate of drug-likeness (QED) is 0.890. The van der Waals surface area contributed by atoms with Gasteiger partial charge in [-0.05, 0) is 43.9 Å². The van der Waals surface area contributed by atoms with Crippen molar-refractivity contribution in [3.63, 3.8) is 0 Å². The van der Waals surface area contributed by atoms with Gasteiger partial charge in [-0.15, -0.1) is 0 Å². The second kappa shape index (κ2) is 7.60. The standard InChI is InChI=1S/C18H22ClFN2O3/c19-15-11-14(20)5-6-16(15)21-7-9-22(10-8-21)17(23)12-1-3-13(4-2-12)18(24)25/h5-6,11-13H,1-4,7-10H2,(H,24,25). The van der Waals surface area contributed by atoms with Crippen LogP contribution in [0.5, 0.6) is 0 Å². The third kappa shape index (κ3) is 4.06. The van der Waals surface area contributed by atoms with Crippen molar-refractivity contribution < 1.29 is 19.1 Å². The van der Waals surface area contributed by atoms with Crippen molar-refractivity contribution in [1.29, 1.82) is 0 Å². The van der Waals surface area contributed by atoms with Gasteiger partial charge >= 0.3 is 5.97 Å². The Hall–Kier alpha value is -1.82. The molecule has 0 bridgehead atoms. The Morgan fingerprint density at radius 2 is 1.64 bits per heavy atom. The van der Waals surface area contributed by atoms with Gasteiger partial charge in [0.25, 0.3) is 0 Å². The molecule has 1 heterocycles. The Bertz CT molecular complexity index is 654. The van der Waals surface area contributed by atoms with Crippen molar-refractivity contribution in [3.8, 4) is 0 Å². The van der Waals surface area contributed by atoms with Gasteiger partial charge in [-0.25, -0.2) is 4.39 Å². The van der Waals surface area contributed by atoms with Crippen LogP contribution in [-0.2, 0) is 9.59 Å². The van der Waals surface area contributed by atoms with Gasteiger partial charge in [-0.1, -0.05) is 11.6 Å². The first-order chi connectivity index (χ1) is 12.0. The Labute approximate surface area is 151 Å². The van der Waals surface area contributed by atoms with Crippen molar-refractivity contribution in [2.75, 3.05) is 31.1 Å². The molecule has 1 saturated heterocycles. The maximum atomic E-state index is 13.2. The normalized spacial score (nSPS) is 24.2. The van der Waals surface area contributed by atoms with E-state index in [9.17, 15) is 14.0 Å². The molecule has 1 aromatic carbocycles. The predicted molar refractivity (Wildman–Crippen MR) is 93.3 cm³/mol. The zero-order chi connectivity index (χ0) is 18.0. The van der Waals surface area contributed by atoms with Crippen LogP contribution in [-0.4, -0.2) is 48.1 Å². The average molecular weight is 369 g/mol. The lowest BCUT2D eigenvalue weighted by atomic mass is 9.81. The predicted octanol–water partition coefficient (Wildman–Crippen LogP) is 3.02. The van der Waals surface area contributed by atoms with E-state index in [1.54, 1.807) is 6.07 Å². The molecule has 1 amide bonds. The Morgan fingerprint density at radius 3 is 2.20 bits per heavy atom. The molecular formula is C18H22ClFN2O3. The second-order valence-corrected chi connectivity index (χ2v) is 7.20. The largest absolute Gasteiger partial charge is 0.481 e. The summed E-state index contributed by atoms with van der Waals surface area (Å²) >= 11 is 6.11. The first kappa shape index (κ1) is 18.0. The van der Waals surface area contributed by atoms with E-state index in [1.165, 1.54) is 12.1 Å². The summed E-state index contributed by atoms with van der Waals surface area (Å²) in [4.78, 5) is 27.6. The molecule has 0 atom stereocenters. The third-order valence-corrected chi connectivity index (χ3v) is 5.57. The summed E-state index contributed by atoms with van der Waals surface area (Å²) in [5.74, 6) is -1.35. The fourth-order valence-electron chi connectivity index (χ4n) is 3.75. The number of amides is 1. The van der Waals surface area contributed by atoms with Gasteiger partial charge in [-0.2, -0.15) is 0 Å². The maximum absolute atomic E-state index is 13.2. The molecule has 1 saturated carbocycles. The van der Waals surface area contributed by atoms with Crippen molar-refractivity contribution in [2.45, 2.75) is 25.7 Å². The summed E-state index contributed by atoms with van der Waals surface area (Å²) in [5.41, 5.74) is 0.789. The lowest BCUT2D eigenvalue weighted by Gasteiger charge is -2.38. The molecule has 0 aromatic heterocycles. The Kier molecular flexibility index (Phi) is 5.47. The monoisotopic (exact) mass is 368 g/mol. The summed E-state index contributed by atoms with van der Waals surface area (Å²) in [5, 5.41) is 9.43. The van der Waals surface area contributed by atoms with Crippen LogP contribution in [0.2, 0.25) is 5.02 Å². The number of nitrogens with zero attached hydrogens (tertiary/aromatic N) is 2. The van der Waals surface area contributed by atoms with Gasteiger partial charge in [0.05, 0.1) is 16.6 Å². The zero-order valence-corrected chi connectivity index (χ0v) is 14.7. The number of carbonyl (C=O) groups excluding carboxylic acids is 1. The van der Waals surface area contributed by atoms with E-state index in [1.807, 2.05) is 4.90 Å². The molecule has 0 spiro atoms. The highest BCUT2D eigenvalue weighted by Gasteiger charge is 2.33. The zero-order valence-electron chi connectivity index (χ0n) is 14.0. The molecule has 0 radical (unpaired) electrons. The van der Waals surface area contributed by atoms with E-state index >= 15 is 0 Å². The fourth-order valence-corrected chi connectivity index (χ4v) is 4.04. The Morgan fingerprint density at radius 1 is 1.04 bits per heavy atom. The minimum absolute atomic E-state index is 0.0587. The summed E-state index contributed by atoms with van der Waals surface area (Å²) < 4.78 is 13.2. The molecule has 136 valence electrons. The van der Waals surface area contributed by atoms with Crippen LogP contribution in [0.15, 0.2) is 18.2 Å². The SMILES string of the molecule is O=C(O)C1CCC(C(=O)N2CCN(c3ccc(F)cc3Cl)CC2)CC1. The molecular weight excluding hydrogens is 347 g/mol.